The Balaban J connectivity index is 0.00000378. The van der Waals surface area contributed by atoms with E-state index in [1.165, 1.54) is 16.5 Å². The van der Waals surface area contributed by atoms with E-state index >= 15 is 0 Å². The second kappa shape index (κ2) is 12.8. The summed E-state index contributed by atoms with van der Waals surface area (Å²) in [7, 11) is 0. The number of hydrogen-bond donors (Lipinski definition) is 0. The zero-order chi connectivity index (χ0) is 33.0. The van der Waals surface area contributed by atoms with Crippen molar-refractivity contribution >= 4 is 49.9 Å². The first-order valence-electron chi connectivity index (χ1n) is 16.6. The van der Waals surface area contributed by atoms with Gasteiger partial charge in [0.2, 0.25) is 0 Å². The van der Waals surface area contributed by atoms with Crippen LogP contribution in [0, 0.1) is 12.1 Å². The largest absolute Gasteiger partial charge is 0.358 e. The molecule has 0 saturated carbocycles. The molecule has 0 aliphatic heterocycles. The van der Waals surface area contributed by atoms with Gasteiger partial charge in [0.15, 0.2) is 17.4 Å². The van der Waals surface area contributed by atoms with E-state index in [1.807, 2.05) is 6.20 Å². The van der Waals surface area contributed by atoms with Gasteiger partial charge < -0.3 is 9.47 Å². The third kappa shape index (κ3) is 5.76. The van der Waals surface area contributed by atoms with Gasteiger partial charge in [-0.15, -0.1) is 29.7 Å². The van der Waals surface area contributed by atoms with Gasteiger partial charge in [-0.1, -0.05) is 80.1 Å². The Kier molecular flexibility index (Phi) is 8.50. The number of para-hydroxylation sites is 4. The number of rotatable bonds is 6. The van der Waals surface area contributed by atoms with E-state index < -0.39 is 0 Å². The quantitative estimate of drug-likeness (QED) is 0.157. The summed E-state index contributed by atoms with van der Waals surface area (Å²) in [6.45, 7) is 11.2. The van der Waals surface area contributed by atoms with E-state index in [0.717, 1.165) is 50.5 Å². The van der Waals surface area contributed by atoms with Crippen molar-refractivity contribution in [2.45, 2.75) is 46.1 Å². The van der Waals surface area contributed by atoms with Crippen LogP contribution in [-0.2, 0) is 26.5 Å². The number of hydrogen-bond acceptors (Lipinski definition) is 2. The molecule has 0 unspecified atom stereocenters. The van der Waals surface area contributed by atoms with Crippen LogP contribution in [0.3, 0.4) is 0 Å². The summed E-state index contributed by atoms with van der Waals surface area (Å²) in [6.07, 6.45) is 4.11. The van der Waals surface area contributed by atoms with Gasteiger partial charge in [0, 0.05) is 56.3 Å². The summed E-state index contributed by atoms with van der Waals surface area (Å²) in [6, 6.07) is 50.7. The smallest absolute Gasteiger partial charge is 0.188 e. The number of pyridine rings is 1. The first kappa shape index (κ1) is 32.6. The van der Waals surface area contributed by atoms with Crippen molar-refractivity contribution in [3.05, 3.63) is 152 Å². The molecule has 0 fully saturated rings. The Bertz CT molecular complexity index is 2430. The first-order chi connectivity index (χ1) is 23.3. The predicted octanol–water partition coefficient (Wildman–Crippen LogP) is 11.2. The molecule has 49 heavy (non-hydrogen) atoms. The number of benzene rings is 5. The van der Waals surface area contributed by atoms with Gasteiger partial charge in [-0.2, -0.15) is 12.1 Å². The maximum absolute atomic E-state index is 4.89. The Morgan fingerprint density at radius 3 is 2.14 bits per heavy atom. The summed E-state index contributed by atoms with van der Waals surface area (Å²) < 4.78 is 6.80. The van der Waals surface area contributed by atoms with E-state index in [0.29, 0.717) is 6.04 Å². The number of imidazole rings is 1. The number of fused-ring (bicyclic) bond motifs is 4. The fourth-order valence-electron chi connectivity index (χ4n) is 6.70. The van der Waals surface area contributed by atoms with Gasteiger partial charge in [-0.3, -0.25) is 0 Å². The van der Waals surface area contributed by atoms with Gasteiger partial charge in [-0.25, -0.2) is 14.1 Å². The Morgan fingerprint density at radius 2 is 1.39 bits per heavy atom. The fourth-order valence-corrected chi connectivity index (χ4v) is 6.70. The SMILES string of the molecule is CC(C)n1[cH+]n(-c2[c-]c(N(c3[c-]c4c(cc3)c3ccccc3n4-c3cc(C(C)(C)C)ccn3)c3ccccc3)ccc2)c2ccccc21.[Pt]. The van der Waals surface area contributed by atoms with Crippen molar-refractivity contribution in [2.75, 3.05) is 4.90 Å². The molecule has 0 amide bonds. The molecule has 0 radical (unpaired) electrons. The average Bonchev–Trinajstić information content (AvgIpc) is 3.65. The van der Waals surface area contributed by atoms with Crippen LogP contribution < -0.4 is 4.90 Å². The van der Waals surface area contributed by atoms with Gasteiger partial charge >= 0.3 is 0 Å². The Hall–Kier alpha value is -4.99. The number of nitrogens with zero attached hydrogens (tertiary/aromatic N) is 5. The summed E-state index contributed by atoms with van der Waals surface area (Å²) >= 11 is 0. The van der Waals surface area contributed by atoms with Crippen molar-refractivity contribution in [3.63, 3.8) is 0 Å². The summed E-state index contributed by atoms with van der Waals surface area (Å²) in [5.41, 5.74) is 9.53. The van der Waals surface area contributed by atoms with Crippen molar-refractivity contribution in [3.8, 4) is 11.5 Å². The molecule has 3 heterocycles. The van der Waals surface area contributed by atoms with E-state index in [9.17, 15) is 0 Å². The molecular weight excluding hydrogens is 782 g/mol. The molecule has 5 nitrogen and oxygen atoms in total. The monoisotopic (exact) mass is 819 g/mol. The number of anilines is 3. The molecule has 0 N–H and O–H groups in total. The minimum atomic E-state index is -0.00420. The van der Waals surface area contributed by atoms with Crippen molar-refractivity contribution in [2.24, 2.45) is 0 Å². The maximum atomic E-state index is 4.89. The summed E-state index contributed by atoms with van der Waals surface area (Å²) in [5, 5.41) is 2.32. The minimum Gasteiger partial charge on any atom is -0.358 e. The minimum absolute atomic E-state index is 0. The summed E-state index contributed by atoms with van der Waals surface area (Å²) in [5.74, 6) is 0.889. The second-order valence-corrected chi connectivity index (χ2v) is 13.7. The molecule has 5 aromatic carbocycles. The molecule has 0 atom stereocenters. The number of aromatic nitrogens is 4. The van der Waals surface area contributed by atoms with E-state index in [4.69, 9.17) is 4.98 Å². The molecule has 8 rings (SSSR count). The van der Waals surface area contributed by atoms with Crippen LogP contribution in [0.15, 0.2) is 134 Å². The van der Waals surface area contributed by atoms with Crippen LogP contribution in [0.1, 0.15) is 46.2 Å². The Labute approximate surface area is 302 Å². The molecule has 6 heteroatoms. The van der Waals surface area contributed by atoms with Gasteiger partial charge in [-0.05, 0) is 72.7 Å². The normalized spacial score (nSPS) is 11.8. The topological polar surface area (TPSA) is 30.9 Å². The van der Waals surface area contributed by atoms with Crippen LogP contribution in [0.5, 0.6) is 0 Å². The van der Waals surface area contributed by atoms with E-state index in [2.05, 4.69) is 193 Å². The molecular formula is C43H38N5Pt-. The van der Waals surface area contributed by atoms with E-state index in [1.54, 1.807) is 0 Å². The van der Waals surface area contributed by atoms with Gasteiger partial charge in [0.25, 0.3) is 0 Å². The molecule has 0 aliphatic carbocycles. The van der Waals surface area contributed by atoms with Crippen LogP contribution in [-0.4, -0.2) is 18.7 Å². The zero-order valence-electron chi connectivity index (χ0n) is 28.3. The molecule has 8 aromatic rings. The molecule has 3 aromatic heterocycles. The third-order valence-electron chi connectivity index (χ3n) is 9.14. The van der Waals surface area contributed by atoms with Gasteiger partial charge in [0.1, 0.15) is 5.82 Å². The van der Waals surface area contributed by atoms with Crippen molar-refractivity contribution in [1.29, 1.82) is 0 Å². The molecule has 0 spiro atoms. The molecule has 0 aliphatic rings. The molecule has 0 bridgehead atoms. The maximum Gasteiger partial charge on any atom is 0.188 e. The summed E-state index contributed by atoms with van der Waals surface area (Å²) in [4.78, 5) is 7.13. The molecule has 246 valence electrons. The van der Waals surface area contributed by atoms with Crippen LogP contribution in [0.4, 0.5) is 17.1 Å². The van der Waals surface area contributed by atoms with Crippen LogP contribution in [0.25, 0.3) is 44.3 Å². The van der Waals surface area contributed by atoms with Crippen molar-refractivity contribution < 1.29 is 21.1 Å². The van der Waals surface area contributed by atoms with Gasteiger partial charge in [0.05, 0.1) is 6.04 Å². The van der Waals surface area contributed by atoms with E-state index in [-0.39, 0.29) is 26.5 Å². The predicted molar refractivity (Wildman–Crippen MR) is 199 cm³/mol. The fraction of sp³-hybridized carbons (Fsp3) is 0.163. The van der Waals surface area contributed by atoms with Crippen molar-refractivity contribution in [1.82, 2.24) is 18.7 Å². The average molecular weight is 820 g/mol. The zero-order valence-corrected chi connectivity index (χ0v) is 30.6. The van der Waals surface area contributed by atoms with Crippen LogP contribution >= 0.6 is 0 Å². The third-order valence-corrected chi connectivity index (χ3v) is 9.14. The molecule has 0 saturated heterocycles. The standard InChI is InChI=1S/C43H38N5.Pt/c1-30(2)45-29-46(40-21-12-11-20-39(40)45)33-16-13-17-34(27-33)47(32-14-7-6-8-15-32)35-22-23-37-36-18-9-10-19-38(36)48(41(37)28-35)42-26-31(24-25-44-42)43(3,4)5;/h6-26,29-30H,1-5H3;/q-1;. The Morgan fingerprint density at radius 1 is 0.694 bits per heavy atom. The first-order valence-corrected chi connectivity index (χ1v) is 16.6. The van der Waals surface area contributed by atoms with Crippen LogP contribution in [0.2, 0.25) is 0 Å². The second-order valence-electron chi connectivity index (χ2n) is 13.7.